The predicted molar refractivity (Wildman–Crippen MR) is 138 cm³/mol. The standard InChI is InChI=1S/C25H22F2N6O5S/c1-31-6-8-32(9-7-31)21-5-3-18(25(28)34)24(33(35)36)22(21)23-19-13-16(2-4-20(19)29-30-23)39(37,38)17-11-14(26)10-15(27)12-17/h2-5,10-13H,6-9H2,1H3,(H2,28,34)(H,29,30). The second kappa shape index (κ2) is 9.71. The number of carbonyl (C=O) groups excluding carboxylic acids is 1. The minimum absolute atomic E-state index is 0.00143. The van der Waals surface area contributed by atoms with Gasteiger partial charge in [-0.1, -0.05) is 0 Å². The fourth-order valence-electron chi connectivity index (χ4n) is 4.68. The molecule has 3 aromatic carbocycles. The molecule has 39 heavy (non-hydrogen) atoms. The summed E-state index contributed by atoms with van der Waals surface area (Å²) in [6.45, 7) is 2.42. The third kappa shape index (κ3) is 4.68. The molecule has 1 saturated heterocycles. The van der Waals surface area contributed by atoms with Crippen molar-refractivity contribution >= 4 is 38.0 Å². The molecule has 1 amide bonds. The predicted octanol–water partition coefficient (Wildman–Crippen LogP) is 3.10. The Kier molecular flexibility index (Phi) is 6.52. The number of nitrogens with zero attached hydrogens (tertiary/aromatic N) is 4. The number of likely N-dealkylation sites (N-methyl/N-ethyl adjacent to an activating group) is 1. The summed E-state index contributed by atoms with van der Waals surface area (Å²) >= 11 is 0. The molecule has 0 spiro atoms. The number of nitro groups is 1. The number of carbonyl (C=O) groups is 1. The van der Waals surface area contributed by atoms with Gasteiger partial charge in [-0.15, -0.1) is 0 Å². The average Bonchev–Trinajstić information content (AvgIpc) is 3.30. The van der Waals surface area contributed by atoms with E-state index in [0.717, 1.165) is 0 Å². The number of H-pyrrole nitrogens is 1. The van der Waals surface area contributed by atoms with Crippen molar-refractivity contribution in [2.75, 3.05) is 38.1 Å². The van der Waals surface area contributed by atoms with E-state index in [1.807, 2.05) is 11.9 Å². The van der Waals surface area contributed by atoms with Crippen molar-refractivity contribution in [1.29, 1.82) is 0 Å². The third-order valence-electron chi connectivity index (χ3n) is 6.68. The van der Waals surface area contributed by atoms with E-state index in [9.17, 15) is 32.1 Å². The zero-order valence-corrected chi connectivity index (χ0v) is 21.3. The highest BCUT2D eigenvalue weighted by molar-refractivity contribution is 7.91. The molecular weight excluding hydrogens is 534 g/mol. The van der Waals surface area contributed by atoms with E-state index >= 15 is 0 Å². The number of aromatic nitrogens is 2. The molecule has 1 aromatic heterocycles. The molecule has 0 unspecified atom stereocenters. The Hall–Kier alpha value is -4.43. The van der Waals surface area contributed by atoms with Gasteiger partial charge in [-0.05, 0) is 49.5 Å². The van der Waals surface area contributed by atoms with Crippen molar-refractivity contribution < 1.29 is 26.9 Å². The number of piperazine rings is 1. The van der Waals surface area contributed by atoms with Gasteiger partial charge >= 0.3 is 0 Å². The monoisotopic (exact) mass is 556 g/mol. The summed E-state index contributed by atoms with van der Waals surface area (Å²) in [7, 11) is -2.43. The SMILES string of the molecule is CN1CCN(c2ccc(C(N)=O)c([N+](=O)[O-])c2-c2n[nH]c3ccc(S(=O)(=O)c4cc(F)cc(F)c4)cc23)CC1. The Morgan fingerprint density at radius 1 is 1.03 bits per heavy atom. The number of nitro benzene ring substituents is 1. The number of sulfone groups is 1. The van der Waals surface area contributed by atoms with Crippen LogP contribution >= 0.6 is 0 Å². The first-order chi connectivity index (χ1) is 18.5. The second-order valence-electron chi connectivity index (χ2n) is 9.16. The van der Waals surface area contributed by atoms with Crippen LogP contribution in [0.5, 0.6) is 0 Å². The van der Waals surface area contributed by atoms with Crippen LogP contribution in [-0.2, 0) is 9.84 Å². The maximum atomic E-state index is 13.8. The number of anilines is 1. The molecule has 5 rings (SSSR count). The minimum Gasteiger partial charge on any atom is -0.368 e. The Morgan fingerprint density at radius 2 is 1.69 bits per heavy atom. The van der Waals surface area contributed by atoms with Crippen molar-refractivity contribution in [3.63, 3.8) is 0 Å². The molecule has 3 N–H and O–H groups in total. The van der Waals surface area contributed by atoms with Gasteiger partial charge in [-0.25, -0.2) is 17.2 Å². The van der Waals surface area contributed by atoms with Crippen LogP contribution in [0.4, 0.5) is 20.2 Å². The van der Waals surface area contributed by atoms with Gasteiger partial charge in [0, 0.05) is 37.6 Å². The Bertz CT molecular complexity index is 1730. The molecule has 4 aromatic rings. The van der Waals surface area contributed by atoms with Crippen LogP contribution in [-0.4, -0.2) is 67.6 Å². The van der Waals surface area contributed by atoms with E-state index < -0.39 is 42.9 Å². The summed E-state index contributed by atoms with van der Waals surface area (Å²) in [5, 5.41) is 19.5. The zero-order chi connectivity index (χ0) is 28.1. The van der Waals surface area contributed by atoms with E-state index in [4.69, 9.17) is 5.73 Å². The van der Waals surface area contributed by atoms with E-state index in [1.165, 1.54) is 24.3 Å². The highest BCUT2D eigenvalue weighted by Gasteiger charge is 2.33. The first-order valence-electron chi connectivity index (χ1n) is 11.7. The summed E-state index contributed by atoms with van der Waals surface area (Å²) < 4.78 is 54.1. The van der Waals surface area contributed by atoms with Crippen LogP contribution in [0.1, 0.15) is 10.4 Å². The van der Waals surface area contributed by atoms with Gasteiger partial charge < -0.3 is 15.5 Å². The number of hydrogen-bond acceptors (Lipinski definition) is 8. The smallest absolute Gasteiger partial charge is 0.293 e. The number of hydrogen-bond donors (Lipinski definition) is 2. The molecule has 11 nitrogen and oxygen atoms in total. The number of halogens is 2. The number of nitrogens with two attached hydrogens (primary N) is 1. The van der Waals surface area contributed by atoms with E-state index in [-0.39, 0.29) is 27.1 Å². The first kappa shape index (κ1) is 26.2. The van der Waals surface area contributed by atoms with Gasteiger partial charge in [-0.3, -0.25) is 20.0 Å². The van der Waals surface area contributed by atoms with Gasteiger partial charge in [0.2, 0.25) is 9.84 Å². The molecular formula is C25H22F2N6O5S. The molecule has 1 fully saturated rings. The van der Waals surface area contributed by atoms with Crippen molar-refractivity contribution in [1.82, 2.24) is 15.1 Å². The van der Waals surface area contributed by atoms with Gasteiger partial charge in [0.15, 0.2) is 0 Å². The number of aromatic amines is 1. The van der Waals surface area contributed by atoms with Crippen molar-refractivity contribution in [3.05, 3.63) is 75.8 Å². The number of fused-ring (bicyclic) bond motifs is 1. The van der Waals surface area contributed by atoms with Crippen molar-refractivity contribution in [3.8, 4) is 11.3 Å². The average molecular weight is 557 g/mol. The van der Waals surface area contributed by atoms with Gasteiger partial charge in [0.25, 0.3) is 11.6 Å². The van der Waals surface area contributed by atoms with E-state index in [0.29, 0.717) is 55.6 Å². The summed E-state index contributed by atoms with van der Waals surface area (Å²) in [5.74, 6) is -3.13. The van der Waals surface area contributed by atoms with Crippen LogP contribution < -0.4 is 10.6 Å². The van der Waals surface area contributed by atoms with Gasteiger partial charge in [0.05, 0.1) is 25.9 Å². The number of rotatable bonds is 6. The Balaban J connectivity index is 1.76. The van der Waals surface area contributed by atoms with Gasteiger partial charge in [-0.2, -0.15) is 5.10 Å². The van der Waals surface area contributed by atoms with Crippen LogP contribution in [0.25, 0.3) is 22.2 Å². The largest absolute Gasteiger partial charge is 0.368 e. The molecule has 202 valence electrons. The Morgan fingerprint density at radius 3 is 2.31 bits per heavy atom. The number of nitrogens with one attached hydrogen (secondary N) is 1. The molecule has 14 heteroatoms. The lowest BCUT2D eigenvalue weighted by Gasteiger charge is -2.35. The molecule has 0 saturated carbocycles. The highest BCUT2D eigenvalue weighted by Crippen LogP contribution is 2.43. The number of primary amides is 1. The first-order valence-corrected chi connectivity index (χ1v) is 13.2. The van der Waals surface area contributed by atoms with Crippen LogP contribution in [0.3, 0.4) is 0 Å². The molecule has 0 radical (unpaired) electrons. The summed E-state index contributed by atoms with van der Waals surface area (Å²) in [6.07, 6.45) is 0. The molecule has 0 bridgehead atoms. The van der Waals surface area contributed by atoms with Crippen LogP contribution in [0.2, 0.25) is 0 Å². The lowest BCUT2D eigenvalue weighted by Crippen LogP contribution is -2.44. The zero-order valence-electron chi connectivity index (χ0n) is 20.5. The normalized spacial score (nSPS) is 14.6. The van der Waals surface area contributed by atoms with Crippen LogP contribution in [0.15, 0.2) is 58.3 Å². The quantitative estimate of drug-likeness (QED) is 0.271. The molecule has 1 aliphatic rings. The van der Waals surface area contributed by atoms with E-state index in [2.05, 4.69) is 15.1 Å². The molecule has 0 atom stereocenters. The maximum absolute atomic E-state index is 13.8. The Labute approximate surface area is 220 Å². The maximum Gasteiger partial charge on any atom is 0.293 e. The lowest BCUT2D eigenvalue weighted by molar-refractivity contribution is -0.384. The number of amides is 1. The number of benzene rings is 3. The molecule has 0 aliphatic carbocycles. The van der Waals surface area contributed by atoms with Crippen LogP contribution in [0, 0.1) is 21.7 Å². The lowest BCUT2D eigenvalue weighted by atomic mass is 9.98. The summed E-state index contributed by atoms with van der Waals surface area (Å²) in [4.78, 5) is 26.9. The molecule has 1 aliphatic heterocycles. The topological polar surface area (TPSA) is 156 Å². The van der Waals surface area contributed by atoms with Crippen molar-refractivity contribution in [2.24, 2.45) is 5.73 Å². The van der Waals surface area contributed by atoms with Gasteiger partial charge in [0.1, 0.15) is 28.5 Å². The summed E-state index contributed by atoms with van der Waals surface area (Å²) in [5.41, 5.74) is 5.37. The molecule has 2 heterocycles. The summed E-state index contributed by atoms with van der Waals surface area (Å²) in [6, 6.07) is 8.66. The fourth-order valence-corrected chi connectivity index (χ4v) is 6.01. The third-order valence-corrected chi connectivity index (χ3v) is 8.41. The van der Waals surface area contributed by atoms with E-state index in [1.54, 1.807) is 6.07 Å². The minimum atomic E-state index is -4.38. The second-order valence-corrected chi connectivity index (χ2v) is 11.1. The highest BCUT2D eigenvalue weighted by atomic mass is 32.2. The fraction of sp³-hybridized carbons (Fsp3) is 0.200. The van der Waals surface area contributed by atoms with Crippen molar-refractivity contribution in [2.45, 2.75) is 9.79 Å².